The van der Waals surface area contributed by atoms with Gasteiger partial charge in [-0.1, -0.05) is 0 Å². The molecule has 6 heteroatoms. The van der Waals surface area contributed by atoms with Crippen LogP contribution in [0.3, 0.4) is 0 Å². The van der Waals surface area contributed by atoms with Crippen molar-refractivity contribution in [3.8, 4) is 0 Å². The monoisotopic (exact) mass is 269 g/mol. The predicted molar refractivity (Wildman–Crippen MR) is 69.8 cm³/mol. The number of nitrogens with zero attached hydrogens (tertiary/aromatic N) is 1. The first kappa shape index (κ1) is 14.3. The Morgan fingerprint density at radius 3 is 2.37 bits per heavy atom. The van der Waals surface area contributed by atoms with Crippen molar-refractivity contribution in [3.63, 3.8) is 0 Å². The molecule has 1 aliphatic carbocycles. The summed E-state index contributed by atoms with van der Waals surface area (Å²) in [6.45, 7) is 0.899. The number of amides is 2. The molecule has 0 radical (unpaired) electrons. The van der Waals surface area contributed by atoms with E-state index in [0.717, 1.165) is 25.7 Å². The normalized spacial score (nSPS) is 35.4. The molecule has 2 atom stereocenters. The number of nitrogens with two attached hydrogens (primary N) is 2. The summed E-state index contributed by atoms with van der Waals surface area (Å²) in [6, 6.07) is -0.644. The fraction of sp³-hybridized carbons (Fsp3) is 0.846. The van der Waals surface area contributed by atoms with Crippen molar-refractivity contribution in [1.82, 2.24) is 4.90 Å². The molecular formula is C13H23N3O3. The van der Waals surface area contributed by atoms with Crippen molar-refractivity contribution in [2.75, 3.05) is 13.1 Å². The number of likely N-dealkylation sites (tertiary alicyclic amines) is 1. The first-order chi connectivity index (χ1) is 9.02. The first-order valence-corrected chi connectivity index (χ1v) is 7.00. The molecule has 2 amide bonds. The number of hydrogen-bond donors (Lipinski definition) is 3. The highest BCUT2D eigenvalue weighted by molar-refractivity contribution is 5.88. The van der Waals surface area contributed by atoms with Crippen LogP contribution in [0, 0.1) is 11.8 Å². The molecule has 0 aromatic carbocycles. The minimum absolute atomic E-state index is 0.0316. The Morgan fingerprint density at radius 2 is 1.84 bits per heavy atom. The number of hydrogen-bond acceptors (Lipinski definition) is 4. The molecule has 0 aromatic heterocycles. The maximum atomic E-state index is 12.4. The van der Waals surface area contributed by atoms with E-state index in [1.807, 2.05) is 0 Å². The van der Waals surface area contributed by atoms with Crippen LogP contribution in [-0.4, -0.2) is 47.1 Å². The van der Waals surface area contributed by atoms with Gasteiger partial charge in [-0.15, -0.1) is 0 Å². The van der Waals surface area contributed by atoms with Crippen LogP contribution in [-0.2, 0) is 9.59 Å². The lowest BCUT2D eigenvalue weighted by molar-refractivity contribution is -0.141. The topological polar surface area (TPSA) is 110 Å². The van der Waals surface area contributed by atoms with Gasteiger partial charge in [-0.3, -0.25) is 9.59 Å². The van der Waals surface area contributed by atoms with E-state index in [2.05, 4.69) is 0 Å². The summed E-state index contributed by atoms with van der Waals surface area (Å²) in [4.78, 5) is 25.2. The predicted octanol–water partition coefficient (Wildman–Crippen LogP) is -0.801. The van der Waals surface area contributed by atoms with Gasteiger partial charge in [-0.25, -0.2) is 0 Å². The first-order valence-electron chi connectivity index (χ1n) is 7.00. The highest BCUT2D eigenvalue weighted by Crippen LogP contribution is 2.31. The Hall–Kier alpha value is -1.14. The van der Waals surface area contributed by atoms with Crippen LogP contribution in [0.2, 0.25) is 0 Å². The van der Waals surface area contributed by atoms with Gasteiger partial charge < -0.3 is 21.5 Å². The van der Waals surface area contributed by atoms with E-state index in [1.54, 1.807) is 0 Å². The van der Waals surface area contributed by atoms with Gasteiger partial charge in [-0.2, -0.15) is 0 Å². The number of carbonyl (C=O) groups is 2. The Bertz CT molecular complexity index is 353. The van der Waals surface area contributed by atoms with Crippen molar-refractivity contribution in [3.05, 3.63) is 0 Å². The van der Waals surface area contributed by atoms with Crippen LogP contribution in [0.15, 0.2) is 0 Å². The van der Waals surface area contributed by atoms with E-state index in [0.29, 0.717) is 12.5 Å². The summed E-state index contributed by atoms with van der Waals surface area (Å²) >= 11 is 0. The highest BCUT2D eigenvalue weighted by atomic mass is 16.3. The van der Waals surface area contributed by atoms with Gasteiger partial charge in [-0.05, 0) is 38.1 Å². The molecule has 2 rings (SSSR count). The lowest BCUT2D eigenvalue weighted by Gasteiger charge is -2.31. The molecule has 1 aliphatic heterocycles. The van der Waals surface area contributed by atoms with Gasteiger partial charge in [0, 0.05) is 18.9 Å². The van der Waals surface area contributed by atoms with Gasteiger partial charge >= 0.3 is 0 Å². The molecule has 0 spiro atoms. The van der Waals surface area contributed by atoms with Crippen molar-refractivity contribution in [1.29, 1.82) is 0 Å². The molecule has 5 N–H and O–H groups in total. The van der Waals surface area contributed by atoms with Crippen LogP contribution >= 0.6 is 0 Å². The second-order valence-corrected chi connectivity index (χ2v) is 5.75. The van der Waals surface area contributed by atoms with Crippen LogP contribution < -0.4 is 11.5 Å². The minimum Gasteiger partial charge on any atom is -0.391 e. The largest absolute Gasteiger partial charge is 0.391 e. The molecule has 2 fully saturated rings. The number of aliphatic hydroxyl groups excluding tert-OH is 1. The zero-order chi connectivity index (χ0) is 14.0. The highest BCUT2D eigenvalue weighted by Gasteiger charge is 2.40. The van der Waals surface area contributed by atoms with Crippen LogP contribution in [0.25, 0.3) is 0 Å². The van der Waals surface area contributed by atoms with E-state index in [1.165, 1.54) is 4.90 Å². The summed E-state index contributed by atoms with van der Waals surface area (Å²) in [5.41, 5.74) is 10.9. The smallest absolute Gasteiger partial charge is 0.240 e. The summed E-state index contributed by atoms with van der Waals surface area (Å²) in [7, 11) is 0. The third-order valence-corrected chi connectivity index (χ3v) is 4.42. The van der Waals surface area contributed by atoms with Gasteiger partial charge in [0.15, 0.2) is 0 Å². The molecule has 108 valence electrons. The zero-order valence-electron chi connectivity index (χ0n) is 11.1. The fourth-order valence-electron chi connectivity index (χ4n) is 3.21. The van der Waals surface area contributed by atoms with Gasteiger partial charge in [0.05, 0.1) is 6.10 Å². The quantitative estimate of drug-likeness (QED) is 0.623. The number of aliphatic hydroxyl groups is 1. The Kier molecular flexibility index (Phi) is 4.42. The van der Waals surface area contributed by atoms with Crippen molar-refractivity contribution < 1.29 is 14.7 Å². The molecule has 1 saturated carbocycles. The van der Waals surface area contributed by atoms with Crippen LogP contribution in [0.4, 0.5) is 0 Å². The van der Waals surface area contributed by atoms with Crippen LogP contribution in [0.5, 0.6) is 0 Å². The van der Waals surface area contributed by atoms with Gasteiger partial charge in [0.2, 0.25) is 11.8 Å². The molecular weight excluding hydrogens is 246 g/mol. The van der Waals surface area contributed by atoms with Crippen LogP contribution in [0.1, 0.15) is 32.1 Å². The van der Waals surface area contributed by atoms with Gasteiger partial charge in [0.1, 0.15) is 6.04 Å². The van der Waals surface area contributed by atoms with E-state index < -0.39 is 18.1 Å². The fourth-order valence-corrected chi connectivity index (χ4v) is 3.21. The van der Waals surface area contributed by atoms with Crippen molar-refractivity contribution in [2.24, 2.45) is 23.3 Å². The maximum Gasteiger partial charge on any atom is 0.240 e. The summed E-state index contributed by atoms with van der Waals surface area (Å²) in [5.74, 6) is -0.0912. The molecule has 2 aliphatic rings. The van der Waals surface area contributed by atoms with Crippen molar-refractivity contribution >= 4 is 11.8 Å². The Labute approximate surface area is 113 Å². The molecule has 0 bridgehead atoms. The lowest BCUT2D eigenvalue weighted by Crippen LogP contribution is -2.46. The maximum absolute atomic E-state index is 12.4. The average molecular weight is 269 g/mol. The number of rotatable bonds is 3. The van der Waals surface area contributed by atoms with Gasteiger partial charge in [0.25, 0.3) is 0 Å². The number of β-amino-alcohol motifs (C(OH)–C–C–N with tert-alkyl or cyclic N) is 1. The molecule has 0 aromatic rings. The number of primary amides is 1. The van der Waals surface area contributed by atoms with E-state index in [4.69, 9.17) is 11.5 Å². The molecule has 6 nitrogen and oxygen atoms in total. The second kappa shape index (κ2) is 5.88. The Morgan fingerprint density at radius 1 is 1.21 bits per heavy atom. The Balaban J connectivity index is 1.97. The lowest BCUT2D eigenvalue weighted by atomic mass is 9.81. The zero-order valence-corrected chi connectivity index (χ0v) is 11.1. The minimum atomic E-state index is -0.644. The second-order valence-electron chi connectivity index (χ2n) is 5.75. The van der Waals surface area contributed by atoms with E-state index >= 15 is 0 Å². The summed E-state index contributed by atoms with van der Waals surface area (Å²) in [5, 5.41) is 9.63. The molecule has 19 heavy (non-hydrogen) atoms. The standard InChI is InChI=1S/C13H23N3O3/c14-6-8-1-3-9(4-2-8)13(19)16-7-10(17)5-11(16)12(15)18/h8-11,17H,1-7,14H2,(H2,15,18). The molecule has 2 unspecified atom stereocenters. The summed E-state index contributed by atoms with van der Waals surface area (Å²) in [6.07, 6.45) is 3.19. The number of carbonyl (C=O) groups excluding carboxylic acids is 2. The molecule has 1 heterocycles. The molecule has 1 saturated heterocycles. The van der Waals surface area contributed by atoms with E-state index in [-0.39, 0.29) is 24.8 Å². The van der Waals surface area contributed by atoms with Crippen molar-refractivity contribution in [2.45, 2.75) is 44.2 Å². The summed E-state index contributed by atoms with van der Waals surface area (Å²) < 4.78 is 0. The third-order valence-electron chi connectivity index (χ3n) is 4.42. The SMILES string of the molecule is NCC1CCC(C(=O)N2CC(O)CC2C(N)=O)CC1. The third kappa shape index (κ3) is 3.06. The average Bonchev–Trinajstić information content (AvgIpc) is 2.80. The van der Waals surface area contributed by atoms with E-state index in [9.17, 15) is 14.7 Å².